The molecule has 1 heterocycles. The molecular formula is C13H13N3O. The van der Waals surface area contributed by atoms with Gasteiger partial charge in [0.2, 0.25) is 0 Å². The Bertz CT molecular complexity index is 523. The summed E-state index contributed by atoms with van der Waals surface area (Å²) in [6.45, 7) is 1.99. The van der Waals surface area contributed by atoms with Crippen LogP contribution in [0.4, 0.5) is 5.69 Å². The molecule has 2 rings (SSSR count). The highest BCUT2D eigenvalue weighted by Crippen LogP contribution is 2.30. The monoisotopic (exact) mass is 227 g/mol. The Morgan fingerprint density at radius 2 is 1.94 bits per heavy atom. The molecule has 0 unspecified atom stereocenters. The molecule has 1 aromatic heterocycles. The summed E-state index contributed by atoms with van der Waals surface area (Å²) in [4.78, 5) is 12.5. The van der Waals surface area contributed by atoms with Crippen LogP contribution in [-0.2, 0) is 0 Å². The molecule has 4 heteroatoms. The third-order valence-corrected chi connectivity index (χ3v) is 2.32. The van der Waals surface area contributed by atoms with Crippen molar-refractivity contribution in [3.05, 3.63) is 48.0 Å². The van der Waals surface area contributed by atoms with E-state index >= 15 is 0 Å². The number of benzene rings is 1. The average Bonchev–Trinajstić information content (AvgIpc) is 2.38. The minimum atomic E-state index is 0.581. The number of aromatic nitrogens is 2. The fourth-order valence-corrected chi connectivity index (χ4v) is 1.46. The fraction of sp³-hybridized carbons (Fsp3) is 0.154. The van der Waals surface area contributed by atoms with E-state index in [0.717, 1.165) is 17.0 Å². The van der Waals surface area contributed by atoms with Gasteiger partial charge in [-0.15, -0.1) is 0 Å². The van der Waals surface area contributed by atoms with Crippen molar-refractivity contribution in [3.63, 3.8) is 0 Å². The summed E-state index contributed by atoms with van der Waals surface area (Å²) in [6.07, 6.45) is 5.00. The van der Waals surface area contributed by atoms with Crippen LogP contribution in [0.3, 0.4) is 0 Å². The Hall–Kier alpha value is -2.23. The lowest BCUT2D eigenvalue weighted by atomic mass is 10.2. The second-order valence-corrected chi connectivity index (χ2v) is 3.49. The van der Waals surface area contributed by atoms with Crippen molar-refractivity contribution in [3.8, 4) is 5.75 Å². The lowest BCUT2D eigenvalue weighted by Gasteiger charge is -2.06. The third kappa shape index (κ3) is 2.66. The van der Waals surface area contributed by atoms with Crippen LogP contribution in [0.25, 0.3) is 0 Å². The van der Waals surface area contributed by atoms with E-state index in [4.69, 9.17) is 4.74 Å². The van der Waals surface area contributed by atoms with Crippen LogP contribution in [0.1, 0.15) is 11.4 Å². The van der Waals surface area contributed by atoms with E-state index in [2.05, 4.69) is 15.0 Å². The zero-order chi connectivity index (χ0) is 12.1. The van der Waals surface area contributed by atoms with Gasteiger partial charge < -0.3 is 4.74 Å². The highest BCUT2D eigenvalue weighted by atomic mass is 16.5. The first-order valence-electron chi connectivity index (χ1n) is 5.26. The molecule has 0 amide bonds. The molecule has 0 bridgehead atoms. The van der Waals surface area contributed by atoms with Crippen molar-refractivity contribution in [1.29, 1.82) is 0 Å². The summed E-state index contributed by atoms with van der Waals surface area (Å²) in [5.41, 5.74) is 1.86. The molecule has 17 heavy (non-hydrogen) atoms. The maximum atomic E-state index is 5.26. The second-order valence-electron chi connectivity index (χ2n) is 3.49. The van der Waals surface area contributed by atoms with Gasteiger partial charge in [-0.3, -0.25) is 0 Å². The largest absolute Gasteiger partial charge is 0.494 e. The van der Waals surface area contributed by atoms with Gasteiger partial charge in [0, 0.05) is 12.4 Å². The zero-order valence-electron chi connectivity index (χ0n) is 9.79. The maximum Gasteiger partial charge on any atom is 0.170 e. The number of aryl methyl sites for hydroxylation is 1. The van der Waals surface area contributed by atoms with Crippen LogP contribution in [0.5, 0.6) is 5.75 Å². The Morgan fingerprint density at radius 3 is 2.65 bits per heavy atom. The van der Waals surface area contributed by atoms with Crippen molar-refractivity contribution >= 4 is 11.9 Å². The smallest absolute Gasteiger partial charge is 0.170 e. The summed E-state index contributed by atoms with van der Waals surface area (Å²) in [5, 5.41) is 0. The van der Waals surface area contributed by atoms with Crippen LogP contribution >= 0.6 is 0 Å². The summed E-state index contributed by atoms with van der Waals surface area (Å²) in [5.74, 6) is 1.33. The molecule has 1 aromatic carbocycles. The van der Waals surface area contributed by atoms with E-state index < -0.39 is 0 Å². The second kappa shape index (κ2) is 5.21. The number of aliphatic imine (C=N–C) groups is 1. The van der Waals surface area contributed by atoms with E-state index in [1.807, 2.05) is 25.1 Å². The van der Waals surface area contributed by atoms with Crippen molar-refractivity contribution in [2.45, 2.75) is 6.92 Å². The van der Waals surface area contributed by atoms with Gasteiger partial charge in [-0.1, -0.05) is 12.1 Å². The molecule has 0 N–H and O–H groups in total. The summed E-state index contributed by atoms with van der Waals surface area (Å²) in [6, 6.07) is 7.57. The number of ether oxygens (including phenoxy) is 1. The molecule has 0 aliphatic carbocycles. The SMILES string of the molecule is COc1cccc(C)c1/N=C/c1ncccn1. The van der Waals surface area contributed by atoms with Gasteiger partial charge in [0.25, 0.3) is 0 Å². The number of para-hydroxylation sites is 1. The normalized spacial score (nSPS) is 10.7. The van der Waals surface area contributed by atoms with Gasteiger partial charge in [0.05, 0.1) is 13.3 Å². The maximum absolute atomic E-state index is 5.26. The van der Waals surface area contributed by atoms with Crippen molar-refractivity contribution < 1.29 is 4.74 Å². The van der Waals surface area contributed by atoms with Crippen molar-refractivity contribution in [2.24, 2.45) is 4.99 Å². The Balaban J connectivity index is 2.33. The highest BCUT2D eigenvalue weighted by Gasteiger charge is 2.03. The number of hydrogen-bond acceptors (Lipinski definition) is 4. The molecule has 0 fully saturated rings. The lowest BCUT2D eigenvalue weighted by molar-refractivity contribution is 0.416. The van der Waals surface area contributed by atoms with Gasteiger partial charge in [0.1, 0.15) is 11.4 Å². The minimum absolute atomic E-state index is 0.581. The van der Waals surface area contributed by atoms with Crippen LogP contribution in [0.15, 0.2) is 41.7 Å². The van der Waals surface area contributed by atoms with Gasteiger partial charge >= 0.3 is 0 Å². The Kier molecular flexibility index (Phi) is 3.45. The van der Waals surface area contributed by atoms with E-state index in [9.17, 15) is 0 Å². The summed E-state index contributed by atoms with van der Waals surface area (Å²) < 4.78 is 5.26. The molecule has 0 saturated heterocycles. The fourth-order valence-electron chi connectivity index (χ4n) is 1.46. The molecule has 2 aromatic rings. The first-order valence-corrected chi connectivity index (χ1v) is 5.26. The summed E-state index contributed by atoms with van der Waals surface area (Å²) in [7, 11) is 1.63. The van der Waals surface area contributed by atoms with Gasteiger partial charge in [-0.05, 0) is 24.6 Å². The van der Waals surface area contributed by atoms with E-state index in [1.54, 1.807) is 31.8 Å². The quantitative estimate of drug-likeness (QED) is 0.757. The van der Waals surface area contributed by atoms with Gasteiger partial charge in [-0.25, -0.2) is 15.0 Å². The molecule has 0 spiro atoms. The molecule has 4 nitrogen and oxygen atoms in total. The van der Waals surface area contributed by atoms with Gasteiger partial charge in [0.15, 0.2) is 5.82 Å². The molecule has 86 valence electrons. The number of methoxy groups -OCH3 is 1. The molecule has 0 aliphatic heterocycles. The summed E-state index contributed by atoms with van der Waals surface area (Å²) >= 11 is 0. The van der Waals surface area contributed by atoms with E-state index in [1.165, 1.54) is 0 Å². The zero-order valence-corrected chi connectivity index (χ0v) is 9.79. The standard InChI is InChI=1S/C13H13N3O/c1-10-5-3-6-11(17-2)13(10)16-9-12-14-7-4-8-15-12/h3-9H,1-2H3/b16-9+. The van der Waals surface area contributed by atoms with Crippen molar-refractivity contribution in [1.82, 2.24) is 9.97 Å². The lowest BCUT2D eigenvalue weighted by Crippen LogP contribution is -1.91. The minimum Gasteiger partial charge on any atom is -0.494 e. The number of nitrogens with zero attached hydrogens (tertiary/aromatic N) is 3. The molecule has 0 radical (unpaired) electrons. The topological polar surface area (TPSA) is 47.4 Å². The average molecular weight is 227 g/mol. The first-order chi connectivity index (χ1) is 8.31. The molecule has 0 atom stereocenters. The molecule has 0 saturated carbocycles. The van der Waals surface area contributed by atoms with Crippen LogP contribution in [0, 0.1) is 6.92 Å². The van der Waals surface area contributed by atoms with Crippen LogP contribution in [0.2, 0.25) is 0 Å². The van der Waals surface area contributed by atoms with Gasteiger partial charge in [-0.2, -0.15) is 0 Å². The molecule has 0 aliphatic rings. The van der Waals surface area contributed by atoms with E-state index in [0.29, 0.717) is 5.82 Å². The van der Waals surface area contributed by atoms with Crippen molar-refractivity contribution in [2.75, 3.05) is 7.11 Å². The van der Waals surface area contributed by atoms with E-state index in [-0.39, 0.29) is 0 Å². The predicted octanol–water partition coefficient (Wildman–Crippen LogP) is 2.54. The number of rotatable bonds is 3. The Morgan fingerprint density at radius 1 is 1.18 bits per heavy atom. The molecular weight excluding hydrogens is 214 g/mol. The predicted molar refractivity (Wildman–Crippen MR) is 67.0 cm³/mol. The van der Waals surface area contributed by atoms with Crippen LogP contribution in [-0.4, -0.2) is 23.3 Å². The number of hydrogen-bond donors (Lipinski definition) is 0. The Labute approximate surface area is 100 Å². The third-order valence-electron chi connectivity index (χ3n) is 2.32. The van der Waals surface area contributed by atoms with Crippen LogP contribution < -0.4 is 4.74 Å². The highest BCUT2D eigenvalue weighted by molar-refractivity contribution is 5.79. The first kappa shape index (κ1) is 11.3.